The van der Waals surface area contributed by atoms with Crippen LogP contribution in [0.4, 0.5) is 0 Å². The number of piperazine rings is 1. The summed E-state index contributed by atoms with van der Waals surface area (Å²) in [5.41, 5.74) is 2.63. The molecule has 1 aliphatic heterocycles. The molecule has 33 heavy (non-hydrogen) atoms. The molecule has 2 aromatic rings. The van der Waals surface area contributed by atoms with E-state index in [2.05, 4.69) is 28.9 Å². The topological polar surface area (TPSA) is 186 Å². The molecule has 1 aliphatic rings. The first kappa shape index (κ1) is 27.3. The molecule has 1 fully saturated rings. The summed E-state index contributed by atoms with van der Waals surface area (Å²) in [5, 5.41) is 30.6. The fraction of sp³-hybridized carbons (Fsp3) is 0.381. The molecule has 4 N–H and O–H groups in total. The number of aliphatic carboxylic acids is 4. The molecule has 3 rings (SSSR count). The molecule has 0 spiro atoms. The van der Waals surface area contributed by atoms with Gasteiger partial charge in [0.1, 0.15) is 5.58 Å². The molecule has 2 heterocycles. The van der Waals surface area contributed by atoms with Crippen LogP contribution >= 0.6 is 0 Å². The SMILES string of the molecule is CCN1CCN(Cc2cc(=O)oc3cc(C)ccc23)CC1.O=C(O)C(=O)O.O=C(O)C(=O)O. The maximum absolute atomic E-state index is 11.8. The smallest absolute Gasteiger partial charge is 0.414 e. The van der Waals surface area contributed by atoms with Crippen LogP contribution in [-0.2, 0) is 25.7 Å². The number of likely N-dealkylation sites (N-methyl/N-ethyl adjacent to an activating group) is 1. The lowest BCUT2D eigenvalue weighted by atomic mass is 10.1. The lowest BCUT2D eigenvalue weighted by Gasteiger charge is -2.34. The van der Waals surface area contributed by atoms with Crippen molar-refractivity contribution >= 4 is 34.8 Å². The van der Waals surface area contributed by atoms with Gasteiger partial charge in [0.25, 0.3) is 0 Å². The van der Waals surface area contributed by atoms with E-state index in [1.54, 1.807) is 6.07 Å². The molecule has 1 aromatic heterocycles. The van der Waals surface area contributed by atoms with Gasteiger partial charge < -0.3 is 29.7 Å². The average Bonchev–Trinajstić information content (AvgIpc) is 2.74. The highest BCUT2D eigenvalue weighted by atomic mass is 16.4. The van der Waals surface area contributed by atoms with Gasteiger partial charge in [-0.15, -0.1) is 0 Å². The molecule has 12 heteroatoms. The molecule has 0 atom stereocenters. The second kappa shape index (κ2) is 12.9. The Hall–Kier alpha value is -3.77. The number of hydrogen-bond acceptors (Lipinski definition) is 8. The molecule has 180 valence electrons. The lowest BCUT2D eigenvalue weighted by Crippen LogP contribution is -2.45. The van der Waals surface area contributed by atoms with Gasteiger partial charge in [0.2, 0.25) is 0 Å². The van der Waals surface area contributed by atoms with Crippen LogP contribution in [0.3, 0.4) is 0 Å². The van der Waals surface area contributed by atoms with Crippen LogP contribution in [0, 0.1) is 6.92 Å². The first-order valence-electron chi connectivity index (χ1n) is 9.85. The van der Waals surface area contributed by atoms with E-state index in [4.69, 9.17) is 44.0 Å². The van der Waals surface area contributed by atoms with Crippen molar-refractivity contribution in [3.63, 3.8) is 0 Å². The van der Waals surface area contributed by atoms with E-state index in [9.17, 15) is 4.79 Å². The predicted octanol–water partition coefficient (Wildman–Crippen LogP) is 0.550. The lowest BCUT2D eigenvalue weighted by molar-refractivity contribution is -0.159. The fourth-order valence-corrected chi connectivity index (χ4v) is 2.97. The zero-order chi connectivity index (χ0) is 25.1. The normalized spacial score (nSPS) is 13.8. The van der Waals surface area contributed by atoms with Crippen LogP contribution in [-0.4, -0.2) is 86.8 Å². The van der Waals surface area contributed by atoms with E-state index in [0.717, 1.165) is 55.8 Å². The maximum Gasteiger partial charge on any atom is 0.414 e. The van der Waals surface area contributed by atoms with Crippen LogP contribution in [0.2, 0.25) is 0 Å². The van der Waals surface area contributed by atoms with Crippen molar-refractivity contribution in [2.45, 2.75) is 20.4 Å². The van der Waals surface area contributed by atoms with Crippen LogP contribution in [0.15, 0.2) is 33.5 Å². The highest BCUT2D eigenvalue weighted by Crippen LogP contribution is 2.20. The van der Waals surface area contributed by atoms with Gasteiger partial charge in [-0.05, 0) is 30.7 Å². The average molecular weight is 466 g/mol. The number of benzene rings is 1. The molecule has 0 bridgehead atoms. The van der Waals surface area contributed by atoms with E-state index in [1.165, 1.54) is 0 Å². The number of carboxylic acid groups (broad SMARTS) is 4. The Bertz CT molecular complexity index is 1010. The summed E-state index contributed by atoms with van der Waals surface area (Å²) in [6.45, 7) is 10.5. The number of aryl methyl sites for hydroxylation is 1. The van der Waals surface area contributed by atoms with Gasteiger partial charge in [0.15, 0.2) is 0 Å². The van der Waals surface area contributed by atoms with Crippen LogP contribution < -0.4 is 5.63 Å². The largest absolute Gasteiger partial charge is 0.473 e. The molecule has 0 aliphatic carbocycles. The number of fused-ring (bicyclic) bond motifs is 1. The van der Waals surface area contributed by atoms with Crippen molar-refractivity contribution in [1.29, 1.82) is 0 Å². The summed E-state index contributed by atoms with van der Waals surface area (Å²) in [7, 11) is 0. The second-order valence-corrected chi connectivity index (χ2v) is 7.02. The van der Waals surface area contributed by atoms with E-state index in [-0.39, 0.29) is 5.63 Å². The summed E-state index contributed by atoms with van der Waals surface area (Å²) in [5.74, 6) is -7.30. The predicted molar refractivity (Wildman–Crippen MR) is 115 cm³/mol. The zero-order valence-corrected chi connectivity index (χ0v) is 18.2. The summed E-state index contributed by atoms with van der Waals surface area (Å²) in [6.07, 6.45) is 0. The Morgan fingerprint density at radius 3 is 1.79 bits per heavy atom. The molecule has 1 aromatic carbocycles. The summed E-state index contributed by atoms with van der Waals surface area (Å²) < 4.78 is 5.32. The van der Waals surface area contributed by atoms with E-state index in [1.807, 2.05) is 13.0 Å². The third kappa shape index (κ3) is 9.49. The van der Waals surface area contributed by atoms with Crippen molar-refractivity contribution in [3.05, 3.63) is 45.8 Å². The molecule has 0 saturated carbocycles. The Labute approximate surface area is 188 Å². The molecule has 0 amide bonds. The van der Waals surface area contributed by atoms with Gasteiger partial charge in [-0.25, -0.2) is 24.0 Å². The minimum atomic E-state index is -1.82. The zero-order valence-electron chi connectivity index (χ0n) is 18.2. The minimum Gasteiger partial charge on any atom is -0.473 e. The standard InChI is InChI=1S/C17H22N2O2.2C2H2O4/c1-3-18-6-8-19(9-7-18)12-14-11-17(20)21-16-10-13(2)4-5-15(14)16;2*3-1(4)2(5)6/h4-5,10-11H,3,6-9,12H2,1-2H3;2*(H,3,4)(H,5,6). The number of carboxylic acids is 4. The summed E-state index contributed by atoms with van der Waals surface area (Å²) >= 11 is 0. The monoisotopic (exact) mass is 466 g/mol. The van der Waals surface area contributed by atoms with Crippen LogP contribution in [0.25, 0.3) is 11.0 Å². The third-order valence-electron chi connectivity index (χ3n) is 4.66. The number of rotatable bonds is 3. The van der Waals surface area contributed by atoms with Crippen molar-refractivity contribution in [2.24, 2.45) is 0 Å². The first-order valence-corrected chi connectivity index (χ1v) is 9.85. The van der Waals surface area contributed by atoms with Crippen LogP contribution in [0.5, 0.6) is 0 Å². The summed E-state index contributed by atoms with van der Waals surface area (Å²) in [4.78, 5) is 53.0. The number of hydrogen-bond donors (Lipinski definition) is 4. The van der Waals surface area contributed by atoms with Crippen molar-refractivity contribution in [1.82, 2.24) is 9.80 Å². The molecule has 1 saturated heterocycles. The minimum absolute atomic E-state index is 0.254. The van der Waals surface area contributed by atoms with Crippen molar-refractivity contribution in [2.75, 3.05) is 32.7 Å². The molecular weight excluding hydrogens is 440 g/mol. The van der Waals surface area contributed by atoms with Gasteiger partial charge in [0, 0.05) is 44.2 Å². The number of nitrogens with zero attached hydrogens (tertiary/aromatic N) is 2. The Balaban J connectivity index is 0.000000377. The van der Waals surface area contributed by atoms with Gasteiger partial charge in [0.05, 0.1) is 0 Å². The molecule has 12 nitrogen and oxygen atoms in total. The quantitative estimate of drug-likeness (QED) is 0.364. The molecule has 0 unspecified atom stereocenters. The van der Waals surface area contributed by atoms with E-state index >= 15 is 0 Å². The molecule has 0 radical (unpaired) electrons. The number of carbonyl (C=O) groups is 4. The molecular formula is C21H26N2O10. The Morgan fingerprint density at radius 2 is 1.33 bits per heavy atom. The first-order chi connectivity index (χ1) is 15.4. The van der Waals surface area contributed by atoms with Gasteiger partial charge >= 0.3 is 29.5 Å². The Morgan fingerprint density at radius 1 is 0.848 bits per heavy atom. The summed E-state index contributed by atoms with van der Waals surface area (Å²) in [6, 6.07) is 7.71. The van der Waals surface area contributed by atoms with Crippen LogP contribution in [0.1, 0.15) is 18.1 Å². The highest BCUT2D eigenvalue weighted by molar-refractivity contribution is 6.27. The second-order valence-electron chi connectivity index (χ2n) is 7.02. The van der Waals surface area contributed by atoms with E-state index < -0.39 is 23.9 Å². The fourth-order valence-electron chi connectivity index (χ4n) is 2.97. The maximum atomic E-state index is 11.8. The van der Waals surface area contributed by atoms with Gasteiger partial charge in [-0.3, -0.25) is 4.90 Å². The van der Waals surface area contributed by atoms with Gasteiger partial charge in [-0.1, -0.05) is 19.1 Å². The third-order valence-corrected chi connectivity index (χ3v) is 4.66. The highest BCUT2D eigenvalue weighted by Gasteiger charge is 2.17. The van der Waals surface area contributed by atoms with Crippen molar-refractivity contribution in [3.8, 4) is 0 Å². The van der Waals surface area contributed by atoms with Gasteiger partial charge in [-0.2, -0.15) is 0 Å². The van der Waals surface area contributed by atoms with Crippen molar-refractivity contribution < 1.29 is 44.0 Å². The van der Waals surface area contributed by atoms with E-state index in [0.29, 0.717) is 5.58 Å². The Kier molecular flexibility index (Phi) is 10.7.